The molecule has 16 heavy (non-hydrogen) atoms. The van der Waals surface area contributed by atoms with Crippen molar-refractivity contribution in [1.29, 1.82) is 0 Å². The van der Waals surface area contributed by atoms with Gasteiger partial charge in [0.2, 0.25) is 0 Å². The first kappa shape index (κ1) is 11.6. The predicted octanol–water partition coefficient (Wildman–Crippen LogP) is 1.99. The van der Waals surface area contributed by atoms with Gasteiger partial charge in [-0.25, -0.2) is 4.98 Å². The number of nitrogens with zero attached hydrogens (tertiary/aromatic N) is 2. The summed E-state index contributed by atoms with van der Waals surface area (Å²) in [6.45, 7) is 1.19. The van der Waals surface area contributed by atoms with Crippen LogP contribution in [0.5, 0.6) is 0 Å². The van der Waals surface area contributed by atoms with E-state index in [0.29, 0.717) is 0 Å². The molecule has 1 aliphatic carbocycles. The molecule has 1 aromatic heterocycles. The van der Waals surface area contributed by atoms with Crippen LogP contribution in [-0.2, 0) is 13.5 Å². The van der Waals surface area contributed by atoms with Crippen LogP contribution in [0.1, 0.15) is 31.5 Å². The van der Waals surface area contributed by atoms with Gasteiger partial charge in [-0.2, -0.15) is 0 Å². The molecule has 1 fully saturated rings. The Balaban J connectivity index is 1.83. The molecule has 3 heteroatoms. The van der Waals surface area contributed by atoms with Crippen molar-refractivity contribution in [3.8, 4) is 0 Å². The Bertz CT molecular complexity index is 319. The molecular weight excluding hydrogens is 198 g/mol. The van der Waals surface area contributed by atoms with Crippen LogP contribution in [0.2, 0.25) is 0 Å². The summed E-state index contributed by atoms with van der Waals surface area (Å²) in [5.74, 6) is 3.03. The highest BCUT2D eigenvalue weighted by molar-refractivity contribution is 4.92. The SMILES string of the molecule is CNCC1CCCC1CCc1nccn1C. The topological polar surface area (TPSA) is 29.9 Å². The Morgan fingerprint density at radius 2 is 2.25 bits per heavy atom. The van der Waals surface area contributed by atoms with Gasteiger partial charge in [0.1, 0.15) is 5.82 Å². The van der Waals surface area contributed by atoms with Crippen molar-refractivity contribution in [2.75, 3.05) is 13.6 Å². The van der Waals surface area contributed by atoms with E-state index < -0.39 is 0 Å². The van der Waals surface area contributed by atoms with Crippen molar-refractivity contribution >= 4 is 0 Å². The normalized spacial score (nSPS) is 25.1. The summed E-state index contributed by atoms with van der Waals surface area (Å²) in [7, 11) is 4.15. The van der Waals surface area contributed by atoms with E-state index in [0.717, 1.165) is 18.3 Å². The van der Waals surface area contributed by atoms with Gasteiger partial charge in [0.15, 0.2) is 0 Å². The van der Waals surface area contributed by atoms with Crippen molar-refractivity contribution in [2.45, 2.75) is 32.1 Å². The molecule has 3 nitrogen and oxygen atoms in total. The number of aryl methyl sites for hydroxylation is 2. The van der Waals surface area contributed by atoms with Gasteiger partial charge >= 0.3 is 0 Å². The maximum absolute atomic E-state index is 4.40. The summed E-state index contributed by atoms with van der Waals surface area (Å²) in [5, 5.41) is 3.32. The monoisotopic (exact) mass is 221 g/mol. The summed E-state index contributed by atoms with van der Waals surface area (Å²) in [6.07, 6.45) is 10.6. The molecule has 0 aromatic carbocycles. The van der Waals surface area contributed by atoms with Crippen LogP contribution in [0, 0.1) is 11.8 Å². The molecule has 2 unspecified atom stereocenters. The van der Waals surface area contributed by atoms with Gasteiger partial charge in [0.25, 0.3) is 0 Å². The van der Waals surface area contributed by atoms with E-state index in [4.69, 9.17) is 0 Å². The van der Waals surface area contributed by atoms with Gasteiger partial charge in [0.05, 0.1) is 0 Å². The molecule has 1 N–H and O–H groups in total. The second-order valence-corrected chi connectivity index (χ2v) is 5.00. The minimum atomic E-state index is 0.894. The summed E-state index contributed by atoms with van der Waals surface area (Å²) in [4.78, 5) is 4.40. The number of nitrogens with one attached hydrogen (secondary N) is 1. The molecule has 1 saturated carbocycles. The fraction of sp³-hybridized carbons (Fsp3) is 0.769. The molecule has 1 aromatic rings. The Morgan fingerprint density at radius 3 is 2.94 bits per heavy atom. The van der Waals surface area contributed by atoms with Crippen LogP contribution in [0.4, 0.5) is 0 Å². The van der Waals surface area contributed by atoms with Crippen LogP contribution >= 0.6 is 0 Å². The molecule has 90 valence electrons. The Hall–Kier alpha value is -0.830. The van der Waals surface area contributed by atoms with Gasteiger partial charge < -0.3 is 9.88 Å². The minimum absolute atomic E-state index is 0.894. The van der Waals surface area contributed by atoms with Gasteiger partial charge in [-0.15, -0.1) is 0 Å². The minimum Gasteiger partial charge on any atom is -0.338 e. The van der Waals surface area contributed by atoms with E-state index in [1.165, 1.54) is 38.1 Å². The smallest absolute Gasteiger partial charge is 0.108 e. The lowest BCUT2D eigenvalue weighted by molar-refractivity contribution is 0.352. The first-order valence-corrected chi connectivity index (χ1v) is 6.42. The fourth-order valence-corrected chi connectivity index (χ4v) is 2.98. The fourth-order valence-electron chi connectivity index (χ4n) is 2.98. The molecule has 0 radical (unpaired) electrons. The van der Waals surface area contributed by atoms with Gasteiger partial charge in [-0.05, 0) is 38.3 Å². The van der Waals surface area contributed by atoms with Crippen molar-refractivity contribution in [2.24, 2.45) is 18.9 Å². The van der Waals surface area contributed by atoms with E-state index in [2.05, 4.69) is 29.0 Å². The lowest BCUT2D eigenvalue weighted by Crippen LogP contribution is -2.22. The number of aromatic nitrogens is 2. The maximum atomic E-state index is 4.40. The Labute approximate surface area is 98.3 Å². The van der Waals surface area contributed by atoms with E-state index in [1.54, 1.807) is 0 Å². The van der Waals surface area contributed by atoms with Gasteiger partial charge in [-0.1, -0.05) is 12.8 Å². The highest BCUT2D eigenvalue weighted by atomic mass is 15.0. The van der Waals surface area contributed by atoms with Crippen LogP contribution in [-0.4, -0.2) is 23.1 Å². The van der Waals surface area contributed by atoms with Gasteiger partial charge in [0, 0.05) is 25.9 Å². The second-order valence-electron chi connectivity index (χ2n) is 5.00. The standard InChI is InChI=1S/C13H23N3/c1-14-10-12-5-3-4-11(12)6-7-13-15-8-9-16(13)2/h8-9,11-12,14H,3-7,10H2,1-2H3. The summed E-state index contributed by atoms with van der Waals surface area (Å²) in [5.41, 5.74) is 0. The van der Waals surface area contributed by atoms with E-state index in [1.807, 2.05) is 12.4 Å². The third kappa shape index (κ3) is 2.64. The zero-order valence-corrected chi connectivity index (χ0v) is 10.4. The van der Waals surface area contributed by atoms with Crippen LogP contribution in [0.15, 0.2) is 12.4 Å². The molecular formula is C13H23N3. The highest BCUT2D eigenvalue weighted by Gasteiger charge is 2.26. The summed E-state index contributed by atoms with van der Waals surface area (Å²) in [6, 6.07) is 0. The zero-order valence-electron chi connectivity index (χ0n) is 10.4. The third-order valence-electron chi connectivity index (χ3n) is 3.94. The number of rotatable bonds is 5. The quantitative estimate of drug-likeness (QED) is 0.824. The van der Waals surface area contributed by atoms with E-state index in [9.17, 15) is 0 Å². The summed E-state index contributed by atoms with van der Waals surface area (Å²) < 4.78 is 2.14. The van der Waals surface area contributed by atoms with Crippen molar-refractivity contribution in [3.05, 3.63) is 18.2 Å². The van der Waals surface area contributed by atoms with Crippen molar-refractivity contribution in [1.82, 2.24) is 14.9 Å². The zero-order chi connectivity index (χ0) is 11.4. The lowest BCUT2D eigenvalue weighted by Gasteiger charge is -2.18. The summed E-state index contributed by atoms with van der Waals surface area (Å²) >= 11 is 0. The molecule has 0 bridgehead atoms. The predicted molar refractivity (Wildman–Crippen MR) is 66.3 cm³/mol. The molecule has 2 atom stereocenters. The van der Waals surface area contributed by atoms with Gasteiger partial charge in [-0.3, -0.25) is 0 Å². The number of imidazole rings is 1. The molecule has 0 saturated heterocycles. The number of hydrogen-bond acceptors (Lipinski definition) is 2. The maximum Gasteiger partial charge on any atom is 0.108 e. The van der Waals surface area contributed by atoms with Crippen LogP contribution in [0.3, 0.4) is 0 Å². The molecule has 0 amide bonds. The molecule has 2 rings (SSSR count). The highest BCUT2D eigenvalue weighted by Crippen LogP contribution is 2.34. The first-order chi connectivity index (χ1) is 7.81. The van der Waals surface area contributed by atoms with Crippen molar-refractivity contribution < 1.29 is 0 Å². The van der Waals surface area contributed by atoms with E-state index in [-0.39, 0.29) is 0 Å². The van der Waals surface area contributed by atoms with E-state index >= 15 is 0 Å². The average molecular weight is 221 g/mol. The molecule has 1 aliphatic rings. The Kier molecular flexibility index (Phi) is 3.99. The first-order valence-electron chi connectivity index (χ1n) is 6.42. The van der Waals surface area contributed by atoms with Crippen molar-refractivity contribution in [3.63, 3.8) is 0 Å². The third-order valence-corrected chi connectivity index (χ3v) is 3.94. The Morgan fingerprint density at radius 1 is 1.44 bits per heavy atom. The second kappa shape index (κ2) is 5.48. The lowest BCUT2D eigenvalue weighted by atomic mass is 9.91. The number of hydrogen-bond donors (Lipinski definition) is 1. The van der Waals surface area contributed by atoms with Crippen LogP contribution < -0.4 is 5.32 Å². The molecule has 1 heterocycles. The molecule has 0 aliphatic heterocycles. The molecule has 0 spiro atoms. The van der Waals surface area contributed by atoms with Crippen LogP contribution in [0.25, 0.3) is 0 Å². The average Bonchev–Trinajstić information content (AvgIpc) is 2.86. The largest absolute Gasteiger partial charge is 0.338 e.